The molecule has 6 atom stereocenters. The molecule has 0 amide bonds. The molecule has 2 saturated carbocycles. The number of fused-ring (bicyclic) bond motifs is 2. The topological polar surface area (TPSA) is 46.5 Å². The Morgan fingerprint density at radius 1 is 1.27 bits per heavy atom. The van der Waals surface area contributed by atoms with Crippen LogP contribution in [0, 0.1) is 23.7 Å². The van der Waals surface area contributed by atoms with Crippen molar-refractivity contribution in [1.29, 1.82) is 0 Å². The minimum atomic E-state index is -4.60. The molecule has 2 rings (SSSR count). The summed E-state index contributed by atoms with van der Waals surface area (Å²) in [6.45, 7) is 4.58. The van der Waals surface area contributed by atoms with Crippen LogP contribution in [-0.2, 0) is 9.53 Å². The number of carbonyl (C=O) groups excluding carboxylic acids is 1. The molecule has 0 heterocycles. The highest BCUT2D eigenvalue weighted by molar-refractivity contribution is 5.72. The van der Waals surface area contributed by atoms with Gasteiger partial charge in [-0.15, -0.1) is 0 Å². The molecular formula is C16H25F3O3. The summed E-state index contributed by atoms with van der Waals surface area (Å²) in [6.07, 6.45) is -2.26. The smallest absolute Gasteiger partial charge is 0.416 e. The Labute approximate surface area is 129 Å². The number of carbonyl (C=O) groups is 1. The van der Waals surface area contributed by atoms with Crippen LogP contribution >= 0.6 is 0 Å². The van der Waals surface area contributed by atoms with Gasteiger partial charge in [0.05, 0.1) is 5.92 Å². The molecule has 0 aromatic rings. The highest BCUT2D eigenvalue weighted by Gasteiger charge is 2.55. The van der Waals surface area contributed by atoms with E-state index >= 15 is 0 Å². The molecule has 1 N–H and O–H groups in total. The van der Waals surface area contributed by atoms with E-state index in [0.717, 1.165) is 19.8 Å². The van der Waals surface area contributed by atoms with Gasteiger partial charge in [-0.25, -0.2) is 0 Å². The molecule has 0 saturated heterocycles. The molecule has 0 aromatic heterocycles. The Morgan fingerprint density at radius 3 is 2.36 bits per heavy atom. The molecule has 2 aliphatic carbocycles. The molecule has 0 spiro atoms. The third-order valence-corrected chi connectivity index (χ3v) is 5.49. The molecular weight excluding hydrogens is 297 g/mol. The van der Waals surface area contributed by atoms with Crippen LogP contribution < -0.4 is 0 Å². The predicted molar refractivity (Wildman–Crippen MR) is 75.0 cm³/mol. The first-order valence-corrected chi connectivity index (χ1v) is 8.04. The van der Waals surface area contributed by atoms with Gasteiger partial charge in [0.25, 0.3) is 0 Å². The minimum absolute atomic E-state index is 0.119. The fourth-order valence-corrected chi connectivity index (χ4v) is 3.79. The molecule has 0 aromatic carbocycles. The summed E-state index contributed by atoms with van der Waals surface area (Å²) >= 11 is 0. The van der Waals surface area contributed by atoms with E-state index in [0.29, 0.717) is 12.8 Å². The van der Waals surface area contributed by atoms with E-state index in [2.05, 4.69) is 0 Å². The number of hydrogen-bond donors (Lipinski definition) is 1. The van der Waals surface area contributed by atoms with Crippen molar-refractivity contribution in [3.05, 3.63) is 0 Å². The average Bonchev–Trinajstić information content (AvgIpc) is 2.95. The first kappa shape index (κ1) is 17.6. The number of alkyl halides is 3. The number of ether oxygens (including phenoxy) is 1. The van der Waals surface area contributed by atoms with Gasteiger partial charge in [-0.3, -0.25) is 4.79 Å². The van der Waals surface area contributed by atoms with Crippen LogP contribution in [0.4, 0.5) is 13.2 Å². The Morgan fingerprint density at radius 2 is 1.91 bits per heavy atom. The number of halogens is 3. The van der Waals surface area contributed by atoms with Gasteiger partial charge in [-0.1, -0.05) is 13.8 Å². The molecule has 0 radical (unpaired) electrons. The van der Waals surface area contributed by atoms with Crippen LogP contribution in [-0.4, -0.2) is 29.0 Å². The van der Waals surface area contributed by atoms with Crippen molar-refractivity contribution in [2.24, 2.45) is 23.7 Å². The first-order valence-electron chi connectivity index (χ1n) is 8.04. The third kappa shape index (κ3) is 3.42. The van der Waals surface area contributed by atoms with E-state index in [4.69, 9.17) is 4.74 Å². The van der Waals surface area contributed by atoms with Crippen molar-refractivity contribution in [2.45, 2.75) is 70.8 Å². The molecule has 0 aliphatic heterocycles. The number of hydrogen-bond acceptors (Lipinski definition) is 3. The Kier molecular flexibility index (Phi) is 4.81. The summed E-state index contributed by atoms with van der Waals surface area (Å²) in [5.41, 5.74) is -2.63. The van der Waals surface area contributed by atoms with Gasteiger partial charge in [0, 0.05) is 0 Å². The van der Waals surface area contributed by atoms with E-state index < -0.39 is 11.8 Å². The second kappa shape index (κ2) is 6.02. The first-order chi connectivity index (χ1) is 10.0. The molecule has 6 heteroatoms. The maximum atomic E-state index is 12.8. The van der Waals surface area contributed by atoms with Gasteiger partial charge in [-0.2, -0.15) is 13.2 Å². The Bertz CT molecular complexity index is 419. The lowest BCUT2D eigenvalue weighted by molar-refractivity contribution is -0.259. The van der Waals surface area contributed by atoms with E-state index in [1.807, 2.05) is 13.8 Å². The highest BCUT2D eigenvalue weighted by atomic mass is 19.4. The van der Waals surface area contributed by atoms with Gasteiger partial charge in [0.1, 0.15) is 6.10 Å². The predicted octanol–water partition coefficient (Wildman–Crippen LogP) is 3.69. The number of rotatable bonds is 5. The normalized spacial score (nSPS) is 35.2. The molecule has 128 valence electrons. The lowest BCUT2D eigenvalue weighted by atomic mass is 9.80. The second-order valence-electron chi connectivity index (χ2n) is 7.25. The van der Waals surface area contributed by atoms with Gasteiger partial charge in [0.2, 0.25) is 0 Å². The van der Waals surface area contributed by atoms with Crippen molar-refractivity contribution < 1.29 is 27.8 Å². The zero-order valence-corrected chi connectivity index (χ0v) is 13.3. The summed E-state index contributed by atoms with van der Waals surface area (Å²) in [4.78, 5) is 11.8. The van der Waals surface area contributed by atoms with E-state index in [-0.39, 0.29) is 42.2 Å². The lowest BCUT2D eigenvalue weighted by Gasteiger charge is -2.34. The molecule has 2 fully saturated rings. The van der Waals surface area contributed by atoms with Crippen molar-refractivity contribution in [3.63, 3.8) is 0 Å². The zero-order chi connectivity index (χ0) is 16.7. The van der Waals surface area contributed by atoms with Gasteiger partial charge >= 0.3 is 12.1 Å². The average molecular weight is 322 g/mol. The van der Waals surface area contributed by atoms with Crippen LogP contribution in [0.5, 0.6) is 0 Å². The molecule has 2 aliphatic rings. The fraction of sp³-hybridized carbons (Fsp3) is 0.938. The van der Waals surface area contributed by atoms with Gasteiger partial charge in [0.15, 0.2) is 5.60 Å². The van der Waals surface area contributed by atoms with Crippen molar-refractivity contribution in [1.82, 2.24) is 0 Å². The third-order valence-electron chi connectivity index (χ3n) is 5.49. The largest absolute Gasteiger partial charge is 0.462 e. The second-order valence-corrected chi connectivity index (χ2v) is 7.25. The van der Waals surface area contributed by atoms with Crippen molar-refractivity contribution in [3.8, 4) is 0 Å². The summed E-state index contributed by atoms with van der Waals surface area (Å²) in [6, 6.07) is 0. The highest BCUT2D eigenvalue weighted by Crippen LogP contribution is 2.53. The van der Waals surface area contributed by atoms with Crippen LogP contribution in [0.1, 0.15) is 52.9 Å². The van der Waals surface area contributed by atoms with Crippen LogP contribution in [0.2, 0.25) is 0 Å². The summed E-state index contributed by atoms with van der Waals surface area (Å²) in [7, 11) is 0. The Hall–Kier alpha value is -0.780. The quantitative estimate of drug-likeness (QED) is 0.785. The molecule has 22 heavy (non-hydrogen) atoms. The van der Waals surface area contributed by atoms with Crippen molar-refractivity contribution in [2.75, 3.05) is 0 Å². The summed E-state index contributed by atoms with van der Waals surface area (Å²) in [5.74, 6) is -0.222. The lowest BCUT2D eigenvalue weighted by Crippen LogP contribution is -2.44. The SMILES string of the molecule is CCC(C)C(=O)OC1CC2CC1CC2CC(C)(O)C(F)(F)F. The summed E-state index contributed by atoms with van der Waals surface area (Å²) in [5, 5.41) is 9.65. The maximum Gasteiger partial charge on any atom is 0.416 e. The van der Waals surface area contributed by atoms with E-state index in [1.165, 1.54) is 0 Å². The minimum Gasteiger partial charge on any atom is -0.462 e. The Balaban J connectivity index is 1.89. The van der Waals surface area contributed by atoms with Crippen molar-refractivity contribution >= 4 is 5.97 Å². The standard InChI is InChI=1S/C16H25F3O3/c1-4-9(2)14(20)22-13-7-10-5-11(13)6-12(10)8-15(3,21)16(17,18)19/h9-13,21H,4-8H2,1-3H3. The molecule has 6 unspecified atom stereocenters. The molecule has 3 nitrogen and oxygen atoms in total. The van der Waals surface area contributed by atoms with E-state index in [1.54, 1.807) is 0 Å². The fourth-order valence-electron chi connectivity index (χ4n) is 3.79. The molecule has 2 bridgehead atoms. The summed E-state index contributed by atoms with van der Waals surface area (Å²) < 4.78 is 43.9. The maximum absolute atomic E-state index is 12.8. The monoisotopic (exact) mass is 322 g/mol. The number of aliphatic hydroxyl groups is 1. The van der Waals surface area contributed by atoms with Crippen LogP contribution in [0.15, 0.2) is 0 Å². The van der Waals surface area contributed by atoms with Crippen LogP contribution in [0.25, 0.3) is 0 Å². The van der Waals surface area contributed by atoms with Gasteiger partial charge in [-0.05, 0) is 56.8 Å². The van der Waals surface area contributed by atoms with E-state index in [9.17, 15) is 23.1 Å². The zero-order valence-electron chi connectivity index (χ0n) is 13.3. The van der Waals surface area contributed by atoms with Crippen LogP contribution in [0.3, 0.4) is 0 Å². The number of esters is 1. The van der Waals surface area contributed by atoms with Gasteiger partial charge < -0.3 is 9.84 Å².